The minimum Gasteiger partial charge on any atom is -0.369 e. The number of rotatable bonds is 30. The van der Waals surface area contributed by atoms with Crippen molar-refractivity contribution in [3.8, 4) is 0 Å². The lowest BCUT2D eigenvalue weighted by molar-refractivity contribution is -0.120. The van der Waals surface area contributed by atoms with Crippen LogP contribution in [0, 0.1) is 5.92 Å². The van der Waals surface area contributed by atoms with E-state index in [1.807, 2.05) is 0 Å². The van der Waals surface area contributed by atoms with E-state index in [1.165, 1.54) is 161 Å². The van der Waals surface area contributed by atoms with Crippen LogP contribution in [0.3, 0.4) is 0 Å². The van der Waals surface area contributed by atoms with Gasteiger partial charge in [-0.25, -0.2) is 0 Å². The van der Waals surface area contributed by atoms with Gasteiger partial charge in [-0.05, 0) is 19.3 Å². The maximum atomic E-state index is 11.8. The Morgan fingerprint density at radius 2 is 0.806 bits per heavy atom. The van der Waals surface area contributed by atoms with Crippen LogP contribution in [0.5, 0.6) is 0 Å². The van der Waals surface area contributed by atoms with Gasteiger partial charge in [0.05, 0.1) is 5.92 Å². The van der Waals surface area contributed by atoms with E-state index in [1.54, 1.807) is 0 Å². The van der Waals surface area contributed by atoms with E-state index >= 15 is 0 Å². The minimum atomic E-state index is -0.143. The first kappa shape index (κ1) is 35.2. The second-order valence-electron chi connectivity index (χ2n) is 11.5. The number of primary amides is 1. The van der Waals surface area contributed by atoms with E-state index in [-0.39, 0.29) is 11.8 Å². The lowest BCUT2D eigenvalue weighted by atomic mass is 9.98. The monoisotopic (exact) mass is 506 g/mol. The number of unbranched alkanes of at least 4 members (excludes halogenated alkanes) is 25. The van der Waals surface area contributed by atoms with Crippen molar-refractivity contribution in [2.45, 2.75) is 194 Å². The number of amides is 1. The Labute approximate surface area is 228 Å². The number of hydrogen-bond donors (Lipinski definition) is 1. The third-order valence-electron chi connectivity index (χ3n) is 7.83. The summed E-state index contributed by atoms with van der Waals surface area (Å²) in [4.78, 5) is 11.8. The van der Waals surface area contributed by atoms with Crippen molar-refractivity contribution in [2.24, 2.45) is 11.7 Å². The van der Waals surface area contributed by atoms with Gasteiger partial charge in [0.2, 0.25) is 5.91 Å². The third-order valence-corrected chi connectivity index (χ3v) is 7.83. The summed E-state index contributed by atoms with van der Waals surface area (Å²) in [5, 5.41) is 0. The molecular formula is C34H67NO. The van der Waals surface area contributed by atoms with Crippen LogP contribution in [-0.4, -0.2) is 5.91 Å². The van der Waals surface area contributed by atoms with E-state index in [2.05, 4.69) is 26.0 Å². The molecule has 2 N–H and O–H groups in total. The molecule has 0 aliphatic rings. The van der Waals surface area contributed by atoms with Crippen molar-refractivity contribution in [2.75, 3.05) is 0 Å². The van der Waals surface area contributed by atoms with Crippen LogP contribution in [0.15, 0.2) is 12.2 Å². The SMILES string of the molecule is CCCCCCCCCCCCCCCC/C=C/C(CCCCCCCCCCCCCC)C(N)=O. The summed E-state index contributed by atoms with van der Waals surface area (Å²) in [7, 11) is 0. The molecule has 0 radical (unpaired) electrons. The molecule has 0 rings (SSSR count). The molecule has 0 bridgehead atoms. The van der Waals surface area contributed by atoms with Crippen LogP contribution in [0.1, 0.15) is 194 Å². The first-order valence-corrected chi connectivity index (χ1v) is 16.7. The van der Waals surface area contributed by atoms with Gasteiger partial charge < -0.3 is 5.73 Å². The molecule has 0 aromatic heterocycles. The zero-order valence-corrected chi connectivity index (χ0v) is 25.0. The molecule has 0 heterocycles. The molecule has 0 spiro atoms. The summed E-state index contributed by atoms with van der Waals surface area (Å²) in [6, 6.07) is 0. The molecule has 1 amide bonds. The number of carbonyl (C=O) groups excluding carboxylic acids is 1. The van der Waals surface area contributed by atoms with Crippen LogP contribution >= 0.6 is 0 Å². The molecule has 214 valence electrons. The van der Waals surface area contributed by atoms with Crippen molar-refractivity contribution in [3.63, 3.8) is 0 Å². The first-order chi connectivity index (χ1) is 17.7. The second-order valence-corrected chi connectivity index (χ2v) is 11.5. The van der Waals surface area contributed by atoms with Crippen molar-refractivity contribution >= 4 is 5.91 Å². The summed E-state index contributed by atoms with van der Waals surface area (Å²) in [6.45, 7) is 4.57. The maximum absolute atomic E-state index is 11.8. The molecule has 0 saturated heterocycles. The molecular weight excluding hydrogens is 438 g/mol. The average molecular weight is 506 g/mol. The van der Waals surface area contributed by atoms with Crippen LogP contribution in [-0.2, 0) is 4.79 Å². The highest BCUT2D eigenvalue weighted by Gasteiger charge is 2.10. The molecule has 0 aliphatic heterocycles. The lowest BCUT2D eigenvalue weighted by Crippen LogP contribution is -2.21. The van der Waals surface area contributed by atoms with Gasteiger partial charge in [-0.1, -0.05) is 187 Å². The lowest BCUT2D eigenvalue weighted by Gasteiger charge is -2.08. The van der Waals surface area contributed by atoms with Crippen LogP contribution < -0.4 is 5.73 Å². The summed E-state index contributed by atoms with van der Waals surface area (Å²) in [5.41, 5.74) is 5.65. The molecule has 2 nitrogen and oxygen atoms in total. The molecule has 0 saturated carbocycles. The number of nitrogens with two attached hydrogens (primary N) is 1. The summed E-state index contributed by atoms with van der Waals surface area (Å²) in [6.07, 6.45) is 42.2. The van der Waals surface area contributed by atoms with Crippen LogP contribution in [0.25, 0.3) is 0 Å². The van der Waals surface area contributed by atoms with E-state index in [9.17, 15) is 4.79 Å². The summed E-state index contributed by atoms with van der Waals surface area (Å²) >= 11 is 0. The maximum Gasteiger partial charge on any atom is 0.224 e. The van der Waals surface area contributed by atoms with Crippen LogP contribution in [0.2, 0.25) is 0 Å². The summed E-state index contributed by atoms with van der Waals surface area (Å²) in [5.74, 6) is -0.199. The highest BCUT2D eigenvalue weighted by atomic mass is 16.1. The van der Waals surface area contributed by atoms with Crippen molar-refractivity contribution in [1.29, 1.82) is 0 Å². The normalized spacial score (nSPS) is 12.5. The zero-order valence-electron chi connectivity index (χ0n) is 25.0. The Bertz CT molecular complexity index is 458. The van der Waals surface area contributed by atoms with Gasteiger partial charge in [0, 0.05) is 0 Å². The van der Waals surface area contributed by atoms with E-state index in [0.29, 0.717) is 0 Å². The minimum absolute atomic E-state index is 0.0558. The quantitative estimate of drug-likeness (QED) is 0.0765. The molecule has 0 fully saturated rings. The fraction of sp³-hybridized carbons (Fsp3) is 0.912. The van der Waals surface area contributed by atoms with Crippen molar-refractivity contribution < 1.29 is 4.79 Å². The van der Waals surface area contributed by atoms with Gasteiger partial charge in [-0.15, -0.1) is 0 Å². The third kappa shape index (κ3) is 27.8. The summed E-state index contributed by atoms with van der Waals surface area (Å²) < 4.78 is 0. The molecule has 36 heavy (non-hydrogen) atoms. The molecule has 1 atom stereocenters. The average Bonchev–Trinajstić information content (AvgIpc) is 2.87. The fourth-order valence-electron chi connectivity index (χ4n) is 5.26. The largest absolute Gasteiger partial charge is 0.369 e. The predicted octanol–water partition coefficient (Wildman–Crippen LogP) is 11.6. The van der Waals surface area contributed by atoms with Crippen molar-refractivity contribution in [1.82, 2.24) is 0 Å². The number of hydrogen-bond acceptors (Lipinski definition) is 1. The Morgan fingerprint density at radius 1 is 0.500 bits per heavy atom. The van der Waals surface area contributed by atoms with Gasteiger partial charge in [0.25, 0.3) is 0 Å². The molecule has 0 aliphatic carbocycles. The Kier molecular flexibility index (Phi) is 29.8. The molecule has 0 aromatic carbocycles. The van der Waals surface area contributed by atoms with Gasteiger partial charge in [0.1, 0.15) is 0 Å². The fourth-order valence-corrected chi connectivity index (χ4v) is 5.26. The Morgan fingerprint density at radius 3 is 1.14 bits per heavy atom. The van der Waals surface area contributed by atoms with Crippen LogP contribution in [0.4, 0.5) is 0 Å². The van der Waals surface area contributed by atoms with Gasteiger partial charge in [-0.3, -0.25) is 4.79 Å². The molecule has 0 aromatic rings. The second kappa shape index (κ2) is 30.4. The number of carbonyl (C=O) groups is 1. The smallest absolute Gasteiger partial charge is 0.224 e. The highest BCUT2D eigenvalue weighted by Crippen LogP contribution is 2.17. The predicted molar refractivity (Wildman–Crippen MR) is 162 cm³/mol. The Balaban J connectivity index is 3.47. The highest BCUT2D eigenvalue weighted by molar-refractivity contribution is 5.78. The van der Waals surface area contributed by atoms with Gasteiger partial charge >= 0.3 is 0 Å². The standard InChI is InChI=1S/C34H67NO/c1-3-5-7-9-11-13-15-17-18-19-20-22-24-26-28-30-32-33(34(35)36)31-29-27-25-23-21-16-14-12-10-8-6-4-2/h30,32-33H,3-29,31H2,1-2H3,(H2,35,36)/b32-30+. The Hall–Kier alpha value is -0.790. The van der Waals surface area contributed by atoms with E-state index < -0.39 is 0 Å². The van der Waals surface area contributed by atoms with E-state index in [0.717, 1.165) is 19.3 Å². The molecule has 2 heteroatoms. The van der Waals surface area contributed by atoms with E-state index in [4.69, 9.17) is 5.73 Å². The van der Waals surface area contributed by atoms with Gasteiger partial charge in [0.15, 0.2) is 0 Å². The first-order valence-electron chi connectivity index (χ1n) is 16.7. The number of allylic oxidation sites excluding steroid dienone is 1. The zero-order chi connectivity index (χ0) is 26.4. The topological polar surface area (TPSA) is 43.1 Å². The van der Waals surface area contributed by atoms with Gasteiger partial charge in [-0.2, -0.15) is 0 Å². The molecule has 1 unspecified atom stereocenters. The van der Waals surface area contributed by atoms with Crippen molar-refractivity contribution in [3.05, 3.63) is 12.2 Å².